The first kappa shape index (κ1) is 16.9. The molecule has 5 nitrogen and oxygen atoms in total. The Labute approximate surface area is 123 Å². The fraction of sp³-hybridized carbons (Fsp3) is 0.467. The number of carbonyl (C=O) groups is 2. The number of benzene rings is 1. The normalized spacial score (nSPS) is 11.8. The number of aliphatic carboxylic acids is 1. The predicted octanol–water partition coefficient (Wildman–Crippen LogP) is 2.31. The maximum Gasteiger partial charge on any atom is 0.303 e. The molecule has 0 aliphatic carbocycles. The molecule has 1 amide bonds. The number of halogens is 1. The van der Waals surface area contributed by atoms with Crippen molar-refractivity contribution in [1.29, 1.82) is 0 Å². The summed E-state index contributed by atoms with van der Waals surface area (Å²) >= 11 is 0. The Balaban J connectivity index is 2.60. The van der Waals surface area contributed by atoms with Gasteiger partial charge >= 0.3 is 5.97 Å². The molecule has 0 fully saturated rings. The smallest absolute Gasteiger partial charge is 0.303 e. The van der Waals surface area contributed by atoms with Gasteiger partial charge in [0.1, 0.15) is 0 Å². The number of carboxylic acids is 1. The standard InChI is InChI=1S/C15H20FNO4/c1-3-12(21-13-8-5-4-7-11(13)16)15(20)17(2)10-6-9-14(18)19/h4-5,7-8,12H,3,6,9-10H2,1-2H3,(H,18,19). The second-order valence-corrected chi connectivity index (χ2v) is 4.70. The molecule has 0 radical (unpaired) electrons. The number of carboxylic acid groups (broad SMARTS) is 1. The van der Waals surface area contributed by atoms with Crippen LogP contribution in [-0.2, 0) is 9.59 Å². The molecule has 0 aliphatic rings. The highest BCUT2D eigenvalue weighted by Gasteiger charge is 2.23. The highest BCUT2D eigenvalue weighted by atomic mass is 19.1. The Kier molecular flexibility index (Phi) is 6.65. The minimum atomic E-state index is -0.898. The number of rotatable bonds is 8. The van der Waals surface area contributed by atoms with E-state index in [1.165, 1.54) is 17.0 Å². The molecule has 1 aromatic carbocycles. The summed E-state index contributed by atoms with van der Waals surface area (Å²) in [6.45, 7) is 2.09. The summed E-state index contributed by atoms with van der Waals surface area (Å²) in [5.74, 6) is -1.66. The number of ether oxygens (including phenoxy) is 1. The van der Waals surface area contributed by atoms with Crippen LogP contribution in [0.25, 0.3) is 0 Å². The maximum atomic E-state index is 13.5. The van der Waals surface area contributed by atoms with Crippen LogP contribution >= 0.6 is 0 Å². The van der Waals surface area contributed by atoms with Gasteiger partial charge in [-0.25, -0.2) is 4.39 Å². The number of para-hydroxylation sites is 1. The highest BCUT2D eigenvalue weighted by molar-refractivity contribution is 5.81. The van der Waals surface area contributed by atoms with Crippen molar-refractivity contribution in [2.45, 2.75) is 32.3 Å². The first-order valence-corrected chi connectivity index (χ1v) is 6.83. The van der Waals surface area contributed by atoms with E-state index in [1.807, 2.05) is 0 Å². The lowest BCUT2D eigenvalue weighted by molar-refractivity contribution is -0.140. The van der Waals surface area contributed by atoms with E-state index in [4.69, 9.17) is 9.84 Å². The third-order valence-electron chi connectivity index (χ3n) is 3.01. The highest BCUT2D eigenvalue weighted by Crippen LogP contribution is 2.18. The molecule has 0 heterocycles. The number of likely N-dealkylation sites (N-methyl/N-ethyl adjacent to an activating group) is 1. The van der Waals surface area contributed by atoms with E-state index in [2.05, 4.69) is 0 Å². The first-order valence-electron chi connectivity index (χ1n) is 6.83. The van der Waals surface area contributed by atoms with Gasteiger partial charge in [0.05, 0.1) is 0 Å². The molecule has 0 saturated carbocycles. The van der Waals surface area contributed by atoms with E-state index in [1.54, 1.807) is 26.1 Å². The van der Waals surface area contributed by atoms with Crippen LogP contribution in [0.3, 0.4) is 0 Å². The molecule has 21 heavy (non-hydrogen) atoms. The van der Waals surface area contributed by atoms with Crippen molar-refractivity contribution in [1.82, 2.24) is 4.90 Å². The van der Waals surface area contributed by atoms with E-state index in [0.717, 1.165) is 0 Å². The van der Waals surface area contributed by atoms with Crippen molar-refractivity contribution >= 4 is 11.9 Å². The lowest BCUT2D eigenvalue weighted by Gasteiger charge is -2.23. The van der Waals surface area contributed by atoms with Gasteiger partial charge in [-0.1, -0.05) is 19.1 Å². The van der Waals surface area contributed by atoms with Gasteiger partial charge in [-0.05, 0) is 25.0 Å². The fourth-order valence-corrected chi connectivity index (χ4v) is 1.83. The van der Waals surface area contributed by atoms with Gasteiger partial charge in [0.2, 0.25) is 0 Å². The lowest BCUT2D eigenvalue weighted by atomic mass is 10.2. The largest absolute Gasteiger partial charge is 0.481 e. The minimum Gasteiger partial charge on any atom is -0.481 e. The lowest BCUT2D eigenvalue weighted by Crippen LogP contribution is -2.40. The molecular weight excluding hydrogens is 277 g/mol. The van der Waals surface area contributed by atoms with Crippen LogP contribution in [-0.4, -0.2) is 41.6 Å². The van der Waals surface area contributed by atoms with E-state index in [-0.39, 0.29) is 18.1 Å². The summed E-state index contributed by atoms with van der Waals surface area (Å²) in [5.41, 5.74) is 0. The summed E-state index contributed by atoms with van der Waals surface area (Å²) in [6, 6.07) is 5.91. The summed E-state index contributed by atoms with van der Waals surface area (Å²) < 4.78 is 18.9. The average molecular weight is 297 g/mol. The van der Waals surface area contributed by atoms with Crippen molar-refractivity contribution in [3.05, 3.63) is 30.1 Å². The molecule has 1 rings (SSSR count). The fourth-order valence-electron chi connectivity index (χ4n) is 1.83. The molecule has 0 bridgehead atoms. The van der Waals surface area contributed by atoms with Crippen molar-refractivity contribution in [2.24, 2.45) is 0 Å². The zero-order valence-electron chi connectivity index (χ0n) is 12.2. The Morgan fingerprint density at radius 2 is 2.05 bits per heavy atom. The van der Waals surface area contributed by atoms with Gasteiger partial charge in [0, 0.05) is 20.0 Å². The van der Waals surface area contributed by atoms with Gasteiger partial charge in [-0.2, -0.15) is 0 Å². The number of hydrogen-bond donors (Lipinski definition) is 1. The zero-order valence-corrected chi connectivity index (χ0v) is 12.2. The predicted molar refractivity (Wildman–Crippen MR) is 75.6 cm³/mol. The molecule has 1 atom stereocenters. The van der Waals surface area contributed by atoms with Crippen molar-refractivity contribution in [3.63, 3.8) is 0 Å². The van der Waals surface area contributed by atoms with Crippen LogP contribution in [0.1, 0.15) is 26.2 Å². The topological polar surface area (TPSA) is 66.8 Å². The van der Waals surface area contributed by atoms with E-state index >= 15 is 0 Å². The number of hydrogen-bond acceptors (Lipinski definition) is 3. The molecule has 116 valence electrons. The third-order valence-corrected chi connectivity index (χ3v) is 3.01. The summed E-state index contributed by atoms with van der Waals surface area (Å²) in [6.07, 6.45) is -0.0102. The number of amides is 1. The third kappa shape index (κ3) is 5.41. The molecule has 1 N–H and O–H groups in total. The molecule has 0 spiro atoms. The molecule has 1 aromatic rings. The van der Waals surface area contributed by atoms with Crippen molar-refractivity contribution < 1.29 is 23.8 Å². The van der Waals surface area contributed by atoms with Crippen LogP contribution in [0.2, 0.25) is 0 Å². The van der Waals surface area contributed by atoms with Crippen LogP contribution in [0, 0.1) is 5.82 Å². The van der Waals surface area contributed by atoms with E-state index < -0.39 is 17.9 Å². The van der Waals surface area contributed by atoms with Crippen LogP contribution in [0.5, 0.6) is 5.75 Å². The van der Waals surface area contributed by atoms with Gasteiger partial charge in [-0.3, -0.25) is 9.59 Å². The molecule has 1 unspecified atom stereocenters. The van der Waals surface area contributed by atoms with Gasteiger partial charge in [0.15, 0.2) is 17.7 Å². The first-order chi connectivity index (χ1) is 9.95. The van der Waals surface area contributed by atoms with Crippen LogP contribution in [0.4, 0.5) is 4.39 Å². The van der Waals surface area contributed by atoms with Crippen molar-refractivity contribution in [2.75, 3.05) is 13.6 Å². The SMILES string of the molecule is CCC(Oc1ccccc1F)C(=O)N(C)CCCC(=O)O. The van der Waals surface area contributed by atoms with Gasteiger partial charge in [0.25, 0.3) is 5.91 Å². The Morgan fingerprint density at radius 1 is 1.38 bits per heavy atom. The monoisotopic (exact) mass is 297 g/mol. The molecule has 0 aliphatic heterocycles. The van der Waals surface area contributed by atoms with E-state index in [0.29, 0.717) is 19.4 Å². The summed E-state index contributed by atoms with van der Waals surface area (Å²) in [7, 11) is 1.58. The number of carbonyl (C=O) groups excluding carboxylic acids is 1. The Morgan fingerprint density at radius 3 is 2.62 bits per heavy atom. The Hall–Kier alpha value is -2.11. The molecular formula is C15H20FNO4. The summed E-state index contributed by atoms with van der Waals surface area (Å²) in [5, 5.41) is 8.58. The Bertz CT molecular complexity index is 492. The van der Waals surface area contributed by atoms with E-state index in [9.17, 15) is 14.0 Å². The second-order valence-electron chi connectivity index (χ2n) is 4.70. The molecule has 0 saturated heterocycles. The van der Waals surface area contributed by atoms with Crippen LogP contribution < -0.4 is 4.74 Å². The molecule has 0 aromatic heterocycles. The maximum absolute atomic E-state index is 13.5. The van der Waals surface area contributed by atoms with Crippen LogP contribution in [0.15, 0.2) is 24.3 Å². The minimum absolute atomic E-state index is 0.00256. The average Bonchev–Trinajstić information content (AvgIpc) is 2.45. The van der Waals surface area contributed by atoms with Gasteiger partial charge < -0.3 is 14.7 Å². The number of nitrogens with zero attached hydrogens (tertiary/aromatic N) is 1. The quantitative estimate of drug-likeness (QED) is 0.799. The van der Waals surface area contributed by atoms with Gasteiger partial charge in [-0.15, -0.1) is 0 Å². The molecule has 6 heteroatoms. The van der Waals surface area contributed by atoms with Crippen molar-refractivity contribution in [3.8, 4) is 5.75 Å². The zero-order chi connectivity index (χ0) is 15.8. The second kappa shape index (κ2) is 8.24. The summed E-state index contributed by atoms with van der Waals surface area (Å²) in [4.78, 5) is 24.1.